The largest absolute Gasteiger partial charge is 0.225 e. The maximum Gasteiger partial charge on any atom is 0.225 e. The van der Waals surface area contributed by atoms with Gasteiger partial charge in [0.05, 0.1) is 0 Å². The van der Waals surface area contributed by atoms with Gasteiger partial charge in [-0.15, -0.1) is 30.8 Å². The van der Waals surface area contributed by atoms with Crippen LogP contribution in [0.1, 0.15) is 74.7 Å². The van der Waals surface area contributed by atoms with Gasteiger partial charge in [0.25, 0.3) is 0 Å². The third-order valence-corrected chi connectivity index (χ3v) is 7.00. The molecule has 0 radical (unpaired) electrons. The highest BCUT2D eigenvalue weighted by atomic mass is 127. The molecule has 0 aromatic rings. The van der Waals surface area contributed by atoms with Crippen molar-refractivity contribution in [1.82, 2.24) is 0 Å². The first kappa shape index (κ1) is 21.0. The SMILES string of the molecule is CCC(C)(C)C/C(C)=C/C(C)(C)CC(C)(C)CPBI. The van der Waals surface area contributed by atoms with Gasteiger partial charge in [-0.1, -0.05) is 66.5 Å². The van der Waals surface area contributed by atoms with Gasteiger partial charge in [0, 0.05) is 0 Å². The smallest absolute Gasteiger partial charge is 0.148 e. The van der Waals surface area contributed by atoms with Gasteiger partial charge in [-0.2, -0.15) is 0 Å². The fraction of sp³-hybridized carbons (Fsp3) is 0.882. The van der Waals surface area contributed by atoms with Crippen molar-refractivity contribution in [2.45, 2.75) is 74.7 Å². The van der Waals surface area contributed by atoms with Gasteiger partial charge in [-0.3, -0.25) is 0 Å². The zero-order chi connectivity index (χ0) is 16.0. The van der Waals surface area contributed by atoms with Crippen LogP contribution >= 0.6 is 30.8 Å². The Hall–Kier alpha value is 0.965. The summed E-state index contributed by atoms with van der Waals surface area (Å²) < 4.78 is 0. The van der Waals surface area contributed by atoms with Crippen molar-refractivity contribution in [1.29, 1.82) is 0 Å². The van der Waals surface area contributed by atoms with Crippen LogP contribution in [0.2, 0.25) is 0 Å². The van der Waals surface area contributed by atoms with E-state index >= 15 is 0 Å². The van der Waals surface area contributed by atoms with E-state index in [1.54, 1.807) is 5.57 Å². The summed E-state index contributed by atoms with van der Waals surface area (Å²) in [5.41, 5.74) is 2.78. The molecule has 0 amide bonds. The number of halogens is 1. The lowest BCUT2D eigenvalue weighted by atomic mass is 9.74. The molecule has 20 heavy (non-hydrogen) atoms. The van der Waals surface area contributed by atoms with Crippen LogP contribution in [0.15, 0.2) is 11.6 Å². The van der Waals surface area contributed by atoms with Gasteiger partial charge < -0.3 is 0 Å². The number of allylic oxidation sites excluding steroid dienone is 2. The molecule has 0 aliphatic carbocycles. The minimum absolute atomic E-state index is 0.313. The predicted octanol–water partition coefficient (Wildman–Crippen LogP) is 6.58. The van der Waals surface area contributed by atoms with Gasteiger partial charge in [-0.05, 0) is 42.2 Å². The average Bonchev–Trinajstić information content (AvgIpc) is 2.23. The van der Waals surface area contributed by atoms with Crippen LogP contribution in [0, 0.1) is 16.2 Å². The Morgan fingerprint density at radius 3 is 2.10 bits per heavy atom. The fourth-order valence-corrected chi connectivity index (χ4v) is 5.04. The molecule has 0 fully saturated rings. The van der Waals surface area contributed by atoms with E-state index in [9.17, 15) is 0 Å². The Bertz CT molecular complexity index is 319. The van der Waals surface area contributed by atoms with E-state index in [1.807, 2.05) is 0 Å². The van der Waals surface area contributed by atoms with Gasteiger partial charge in [0.2, 0.25) is 4.86 Å². The summed E-state index contributed by atoms with van der Waals surface area (Å²) in [6.07, 6.45) is 7.67. The Balaban J connectivity index is 4.71. The molecule has 118 valence electrons. The molecule has 3 heteroatoms. The molecular formula is C17H35BIP. The molecule has 0 aromatic carbocycles. The predicted molar refractivity (Wildman–Crippen MR) is 109 cm³/mol. The van der Waals surface area contributed by atoms with Crippen molar-refractivity contribution in [2.75, 3.05) is 6.16 Å². The van der Waals surface area contributed by atoms with Crippen LogP contribution in [0.5, 0.6) is 0 Å². The van der Waals surface area contributed by atoms with Crippen LogP contribution in [-0.4, -0.2) is 11.0 Å². The van der Waals surface area contributed by atoms with Crippen LogP contribution in [0.4, 0.5) is 0 Å². The van der Waals surface area contributed by atoms with Crippen molar-refractivity contribution in [2.24, 2.45) is 16.2 Å². The van der Waals surface area contributed by atoms with Crippen molar-refractivity contribution in [3.8, 4) is 0 Å². The summed E-state index contributed by atoms with van der Waals surface area (Å²) >= 11 is 2.50. The highest BCUT2D eigenvalue weighted by Gasteiger charge is 2.27. The van der Waals surface area contributed by atoms with E-state index < -0.39 is 0 Å². The molecule has 1 atom stereocenters. The Labute approximate surface area is 144 Å². The molecule has 1 unspecified atom stereocenters. The molecular weight excluding hydrogens is 373 g/mol. The summed E-state index contributed by atoms with van der Waals surface area (Å²) in [6.45, 7) is 19.1. The van der Waals surface area contributed by atoms with E-state index in [4.69, 9.17) is 0 Å². The van der Waals surface area contributed by atoms with E-state index in [1.165, 1.54) is 30.3 Å². The monoisotopic (exact) mass is 408 g/mol. The number of hydrogen-bond acceptors (Lipinski definition) is 0. The van der Waals surface area contributed by atoms with Crippen molar-refractivity contribution in [3.05, 3.63) is 11.6 Å². The first-order valence-electron chi connectivity index (χ1n) is 7.88. The standard InChI is InChI=1S/C17H35BIP/c1-9-15(3,4)10-14(2)11-16(5,6)12-17(7,8)13-20-18-19/h11,18,20H,9-10,12-13H2,1-8H3/b14-11+. The van der Waals surface area contributed by atoms with Crippen LogP contribution in [0.25, 0.3) is 0 Å². The lowest BCUT2D eigenvalue weighted by Crippen LogP contribution is -2.24. The van der Waals surface area contributed by atoms with Crippen molar-refractivity contribution >= 4 is 35.7 Å². The van der Waals surface area contributed by atoms with Crippen LogP contribution < -0.4 is 0 Å². The fourth-order valence-electron chi connectivity index (χ4n) is 3.33. The summed E-state index contributed by atoms with van der Waals surface area (Å²) in [7, 11) is 1.11. The maximum absolute atomic E-state index is 2.54. The zero-order valence-electron chi connectivity index (χ0n) is 15.0. The summed E-state index contributed by atoms with van der Waals surface area (Å²) in [5, 5.41) is 0. The highest BCUT2D eigenvalue weighted by Crippen LogP contribution is 2.40. The summed E-state index contributed by atoms with van der Waals surface area (Å²) in [5.74, 6) is 0. The molecule has 0 saturated heterocycles. The molecule has 0 nitrogen and oxygen atoms in total. The van der Waals surface area contributed by atoms with E-state index in [0.717, 1.165) is 8.46 Å². The Morgan fingerprint density at radius 1 is 1.10 bits per heavy atom. The van der Waals surface area contributed by atoms with Gasteiger partial charge in [0.15, 0.2) is 0 Å². The van der Waals surface area contributed by atoms with Crippen LogP contribution in [0.3, 0.4) is 0 Å². The Kier molecular flexibility index (Phi) is 8.97. The van der Waals surface area contributed by atoms with E-state index in [2.05, 4.69) is 83.8 Å². The van der Waals surface area contributed by atoms with E-state index in [-0.39, 0.29) is 0 Å². The third kappa shape index (κ3) is 9.82. The van der Waals surface area contributed by atoms with Crippen molar-refractivity contribution in [3.63, 3.8) is 0 Å². The summed E-state index contributed by atoms with van der Waals surface area (Å²) in [6, 6.07) is 0. The molecule has 0 spiro atoms. The number of rotatable bonds is 9. The second-order valence-electron chi connectivity index (χ2n) is 8.58. The highest BCUT2D eigenvalue weighted by molar-refractivity contribution is 14.1. The molecule has 0 saturated carbocycles. The lowest BCUT2D eigenvalue weighted by Gasteiger charge is -2.34. The van der Waals surface area contributed by atoms with Crippen molar-refractivity contribution < 1.29 is 0 Å². The van der Waals surface area contributed by atoms with Gasteiger partial charge in [0.1, 0.15) is 0 Å². The molecule has 0 heterocycles. The molecule has 0 aliphatic heterocycles. The molecule has 0 aromatic heterocycles. The number of hydrogen-bond donors (Lipinski definition) is 0. The maximum atomic E-state index is 2.54. The van der Waals surface area contributed by atoms with E-state index in [0.29, 0.717) is 16.2 Å². The minimum atomic E-state index is 0.313. The van der Waals surface area contributed by atoms with Crippen LogP contribution in [-0.2, 0) is 0 Å². The molecule has 0 aliphatic rings. The molecule has 0 bridgehead atoms. The average molecular weight is 408 g/mol. The molecule has 0 N–H and O–H groups in total. The normalized spacial score (nSPS) is 15.2. The second-order valence-corrected chi connectivity index (χ2v) is 12.0. The quantitative estimate of drug-likeness (QED) is 0.175. The second kappa shape index (κ2) is 8.56. The first-order chi connectivity index (χ1) is 8.93. The molecule has 0 rings (SSSR count). The summed E-state index contributed by atoms with van der Waals surface area (Å²) in [4.78, 5) is 1.31. The lowest BCUT2D eigenvalue weighted by molar-refractivity contribution is 0.264. The Morgan fingerprint density at radius 2 is 1.65 bits per heavy atom. The zero-order valence-corrected chi connectivity index (χ0v) is 18.1. The minimum Gasteiger partial charge on any atom is -0.148 e. The third-order valence-electron chi connectivity index (χ3n) is 3.98. The van der Waals surface area contributed by atoms with Gasteiger partial charge >= 0.3 is 0 Å². The van der Waals surface area contributed by atoms with Gasteiger partial charge in [-0.25, -0.2) is 0 Å². The first-order valence-corrected chi connectivity index (χ1v) is 10.8. The topological polar surface area (TPSA) is 0 Å².